The van der Waals surface area contributed by atoms with Crippen molar-refractivity contribution in [2.75, 3.05) is 20.2 Å². The van der Waals surface area contributed by atoms with Crippen LogP contribution in [0.5, 0.6) is 0 Å². The second-order valence-corrected chi connectivity index (χ2v) is 4.23. The van der Waals surface area contributed by atoms with Crippen molar-refractivity contribution in [1.82, 2.24) is 5.32 Å². The van der Waals surface area contributed by atoms with Gasteiger partial charge in [0.25, 0.3) is 0 Å². The number of carbonyl (C=O) groups excluding carboxylic acids is 1. The molecule has 2 unspecified atom stereocenters. The van der Waals surface area contributed by atoms with Gasteiger partial charge in [-0.2, -0.15) is 11.3 Å². The van der Waals surface area contributed by atoms with E-state index in [1.807, 2.05) is 5.38 Å². The van der Waals surface area contributed by atoms with E-state index in [9.17, 15) is 4.79 Å². The van der Waals surface area contributed by atoms with E-state index in [2.05, 4.69) is 16.8 Å². The van der Waals surface area contributed by atoms with Crippen LogP contribution in [0.1, 0.15) is 11.5 Å². The Bertz CT molecular complexity index is 315. The van der Waals surface area contributed by atoms with E-state index < -0.39 is 0 Å². The van der Waals surface area contributed by atoms with Gasteiger partial charge >= 0.3 is 5.97 Å². The second kappa shape index (κ2) is 5.49. The number of ether oxygens (including phenoxy) is 1. The van der Waals surface area contributed by atoms with Crippen molar-refractivity contribution in [3.63, 3.8) is 0 Å². The van der Waals surface area contributed by atoms with Gasteiger partial charge in [0, 0.05) is 19.0 Å². The van der Waals surface area contributed by atoms with E-state index in [0.717, 1.165) is 13.1 Å². The van der Waals surface area contributed by atoms with E-state index in [0.29, 0.717) is 0 Å². The van der Waals surface area contributed by atoms with E-state index in [-0.39, 0.29) is 30.2 Å². The molecule has 2 atom stereocenters. The van der Waals surface area contributed by atoms with E-state index in [1.165, 1.54) is 12.7 Å². The Labute approximate surface area is 99.2 Å². The molecule has 1 aliphatic heterocycles. The molecule has 1 aliphatic rings. The third kappa shape index (κ3) is 2.51. The molecule has 2 rings (SSSR count). The Morgan fingerprint density at radius 1 is 1.60 bits per heavy atom. The Morgan fingerprint density at radius 3 is 3.00 bits per heavy atom. The normalized spacial score (nSPS) is 24.6. The summed E-state index contributed by atoms with van der Waals surface area (Å²) in [5.74, 6) is 0.162. The van der Waals surface area contributed by atoms with E-state index >= 15 is 0 Å². The molecule has 1 aromatic rings. The van der Waals surface area contributed by atoms with Gasteiger partial charge in [-0.1, -0.05) is 0 Å². The van der Waals surface area contributed by atoms with Crippen LogP contribution in [0.3, 0.4) is 0 Å². The van der Waals surface area contributed by atoms with Gasteiger partial charge in [-0.05, 0) is 22.4 Å². The summed E-state index contributed by atoms with van der Waals surface area (Å²) in [7, 11) is 1.45. The molecule has 3 nitrogen and oxygen atoms in total. The van der Waals surface area contributed by atoms with Crippen molar-refractivity contribution < 1.29 is 9.53 Å². The fraction of sp³-hybridized carbons (Fsp3) is 0.500. The van der Waals surface area contributed by atoms with Crippen molar-refractivity contribution >= 4 is 29.7 Å². The van der Waals surface area contributed by atoms with Crippen LogP contribution in [0, 0.1) is 5.92 Å². The first-order valence-corrected chi connectivity index (χ1v) is 5.58. The van der Waals surface area contributed by atoms with Gasteiger partial charge in [-0.15, -0.1) is 12.4 Å². The Hall–Kier alpha value is -0.580. The highest BCUT2D eigenvalue weighted by atomic mass is 35.5. The summed E-state index contributed by atoms with van der Waals surface area (Å²) in [5, 5.41) is 7.38. The molecular formula is C10H14ClNO2S. The molecule has 1 aromatic heterocycles. The second-order valence-electron chi connectivity index (χ2n) is 3.45. The summed E-state index contributed by atoms with van der Waals surface area (Å²) in [6.45, 7) is 1.60. The first kappa shape index (κ1) is 12.5. The highest BCUT2D eigenvalue weighted by molar-refractivity contribution is 7.08. The summed E-state index contributed by atoms with van der Waals surface area (Å²) < 4.78 is 4.79. The van der Waals surface area contributed by atoms with Crippen molar-refractivity contribution in [2.24, 2.45) is 5.92 Å². The molecular weight excluding hydrogens is 234 g/mol. The SMILES string of the molecule is COC(=O)C1CNCC1c1ccsc1.Cl. The molecule has 0 bridgehead atoms. The lowest BCUT2D eigenvalue weighted by molar-refractivity contribution is -0.145. The van der Waals surface area contributed by atoms with Crippen LogP contribution in [0.4, 0.5) is 0 Å². The van der Waals surface area contributed by atoms with Crippen LogP contribution in [0.25, 0.3) is 0 Å². The number of halogens is 1. The van der Waals surface area contributed by atoms with Crippen LogP contribution < -0.4 is 5.32 Å². The fourth-order valence-corrected chi connectivity index (χ4v) is 2.64. The summed E-state index contributed by atoms with van der Waals surface area (Å²) >= 11 is 1.67. The number of methoxy groups -OCH3 is 1. The Balaban J connectivity index is 0.00000112. The zero-order valence-electron chi connectivity index (χ0n) is 8.43. The third-order valence-electron chi connectivity index (χ3n) is 2.69. The molecule has 2 heterocycles. The standard InChI is InChI=1S/C10H13NO2S.ClH/c1-13-10(12)9-5-11-4-8(9)7-2-3-14-6-7;/h2-3,6,8-9,11H,4-5H2,1H3;1H. The van der Waals surface area contributed by atoms with Crippen molar-refractivity contribution in [3.05, 3.63) is 22.4 Å². The maximum absolute atomic E-state index is 11.5. The molecule has 15 heavy (non-hydrogen) atoms. The van der Waals surface area contributed by atoms with Crippen molar-refractivity contribution in [1.29, 1.82) is 0 Å². The van der Waals surface area contributed by atoms with Gasteiger partial charge in [0.15, 0.2) is 0 Å². The topological polar surface area (TPSA) is 38.3 Å². The van der Waals surface area contributed by atoms with Gasteiger partial charge < -0.3 is 10.1 Å². The van der Waals surface area contributed by atoms with Crippen LogP contribution in [0.2, 0.25) is 0 Å². The van der Waals surface area contributed by atoms with Crippen LogP contribution in [-0.4, -0.2) is 26.2 Å². The molecule has 1 saturated heterocycles. The number of rotatable bonds is 2. The van der Waals surface area contributed by atoms with E-state index in [4.69, 9.17) is 4.74 Å². The first-order valence-electron chi connectivity index (χ1n) is 4.63. The molecule has 5 heteroatoms. The average molecular weight is 248 g/mol. The maximum atomic E-state index is 11.5. The predicted molar refractivity (Wildman–Crippen MR) is 62.7 cm³/mol. The maximum Gasteiger partial charge on any atom is 0.310 e. The summed E-state index contributed by atoms with van der Waals surface area (Å²) in [4.78, 5) is 11.5. The lowest BCUT2D eigenvalue weighted by atomic mass is 9.91. The summed E-state index contributed by atoms with van der Waals surface area (Å²) in [6.07, 6.45) is 0. The lowest BCUT2D eigenvalue weighted by Gasteiger charge is -2.14. The Morgan fingerprint density at radius 2 is 2.40 bits per heavy atom. The van der Waals surface area contributed by atoms with Crippen molar-refractivity contribution in [3.8, 4) is 0 Å². The zero-order valence-corrected chi connectivity index (χ0v) is 10.1. The number of nitrogens with one attached hydrogen (secondary N) is 1. The van der Waals surface area contributed by atoms with Gasteiger partial charge in [0.05, 0.1) is 13.0 Å². The number of carbonyl (C=O) groups is 1. The monoisotopic (exact) mass is 247 g/mol. The average Bonchev–Trinajstić information content (AvgIpc) is 2.85. The third-order valence-corrected chi connectivity index (χ3v) is 3.39. The zero-order chi connectivity index (χ0) is 9.97. The highest BCUT2D eigenvalue weighted by Crippen LogP contribution is 2.30. The minimum atomic E-state index is -0.105. The highest BCUT2D eigenvalue weighted by Gasteiger charge is 2.34. The van der Waals surface area contributed by atoms with Crippen LogP contribution in [-0.2, 0) is 9.53 Å². The van der Waals surface area contributed by atoms with Gasteiger partial charge in [-0.25, -0.2) is 0 Å². The molecule has 0 radical (unpaired) electrons. The molecule has 1 fully saturated rings. The smallest absolute Gasteiger partial charge is 0.310 e. The number of thiophene rings is 1. The number of hydrogen-bond acceptors (Lipinski definition) is 4. The van der Waals surface area contributed by atoms with Gasteiger partial charge in [0.1, 0.15) is 0 Å². The molecule has 1 N–H and O–H groups in total. The Kier molecular flexibility index (Phi) is 4.57. The molecule has 0 amide bonds. The summed E-state index contributed by atoms with van der Waals surface area (Å²) in [6, 6.07) is 2.08. The predicted octanol–water partition coefficient (Wildman–Crippen LogP) is 1.65. The number of hydrogen-bond donors (Lipinski definition) is 1. The number of esters is 1. The minimum Gasteiger partial charge on any atom is -0.469 e. The fourth-order valence-electron chi connectivity index (χ4n) is 1.91. The van der Waals surface area contributed by atoms with Gasteiger partial charge in [-0.3, -0.25) is 4.79 Å². The molecule has 0 aliphatic carbocycles. The minimum absolute atomic E-state index is 0. The lowest BCUT2D eigenvalue weighted by Crippen LogP contribution is -2.22. The quantitative estimate of drug-likeness (QED) is 0.808. The van der Waals surface area contributed by atoms with E-state index in [1.54, 1.807) is 11.3 Å². The molecule has 0 aromatic carbocycles. The largest absolute Gasteiger partial charge is 0.469 e. The first-order chi connectivity index (χ1) is 6.83. The van der Waals surface area contributed by atoms with Crippen LogP contribution in [0.15, 0.2) is 16.8 Å². The molecule has 0 saturated carbocycles. The van der Waals surface area contributed by atoms with Crippen molar-refractivity contribution in [2.45, 2.75) is 5.92 Å². The van der Waals surface area contributed by atoms with Gasteiger partial charge in [0.2, 0.25) is 0 Å². The van der Waals surface area contributed by atoms with Crippen LogP contribution >= 0.6 is 23.7 Å². The molecule has 0 spiro atoms. The summed E-state index contributed by atoms with van der Waals surface area (Å²) in [5.41, 5.74) is 1.25. The molecule has 84 valence electrons.